The summed E-state index contributed by atoms with van der Waals surface area (Å²) >= 11 is 0. The molecule has 20 heavy (non-hydrogen) atoms. The first-order chi connectivity index (χ1) is 9.52. The normalized spacial score (nSPS) is 12.1. The molecular formula is C16H18FNO2. The molecule has 0 spiro atoms. The Balaban J connectivity index is 2.45. The molecule has 2 rings (SSSR count). The van der Waals surface area contributed by atoms with Crippen molar-refractivity contribution in [3.63, 3.8) is 0 Å². The summed E-state index contributed by atoms with van der Waals surface area (Å²) in [6, 6.07) is 9.87. The molecule has 106 valence electrons. The van der Waals surface area contributed by atoms with E-state index < -0.39 is 5.82 Å². The van der Waals surface area contributed by atoms with Crippen molar-refractivity contribution >= 4 is 0 Å². The van der Waals surface area contributed by atoms with E-state index in [0.717, 1.165) is 5.56 Å². The molecule has 0 aliphatic rings. The van der Waals surface area contributed by atoms with Crippen LogP contribution in [0.3, 0.4) is 0 Å². The summed E-state index contributed by atoms with van der Waals surface area (Å²) in [6.07, 6.45) is 0. The van der Waals surface area contributed by atoms with Gasteiger partial charge in [-0.1, -0.05) is 18.2 Å². The number of aryl methyl sites for hydroxylation is 1. The lowest BCUT2D eigenvalue weighted by atomic mass is 10.1. The number of hydrogen-bond donors (Lipinski definition) is 1. The van der Waals surface area contributed by atoms with Crippen molar-refractivity contribution in [3.8, 4) is 17.2 Å². The van der Waals surface area contributed by atoms with E-state index in [1.165, 1.54) is 6.07 Å². The van der Waals surface area contributed by atoms with E-state index in [2.05, 4.69) is 0 Å². The van der Waals surface area contributed by atoms with Crippen molar-refractivity contribution in [2.75, 3.05) is 7.11 Å². The highest BCUT2D eigenvalue weighted by atomic mass is 19.1. The number of para-hydroxylation sites is 1. The Morgan fingerprint density at radius 2 is 1.90 bits per heavy atom. The van der Waals surface area contributed by atoms with Gasteiger partial charge in [0.2, 0.25) is 0 Å². The first-order valence-corrected chi connectivity index (χ1v) is 6.39. The quantitative estimate of drug-likeness (QED) is 0.918. The molecule has 2 aromatic rings. The molecule has 0 aliphatic heterocycles. The minimum Gasteiger partial charge on any atom is -0.493 e. The molecule has 0 bridgehead atoms. The van der Waals surface area contributed by atoms with Crippen LogP contribution >= 0.6 is 0 Å². The molecule has 0 aliphatic carbocycles. The minimum absolute atomic E-state index is 0.143. The topological polar surface area (TPSA) is 44.5 Å². The molecular weight excluding hydrogens is 257 g/mol. The summed E-state index contributed by atoms with van der Waals surface area (Å²) < 4.78 is 24.9. The lowest BCUT2D eigenvalue weighted by Gasteiger charge is -2.16. The molecule has 0 heterocycles. The molecule has 0 fully saturated rings. The molecule has 0 unspecified atom stereocenters. The van der Waals surface area contributed by atoms with Gasteiger partial charge in [-0.2, -0.15) is 0 Å². The lowest BCUT2D eigenvalue weighted by Crippen LogP contribution is -2.08. The second-order valence-corrected chi connectivity index (χ2v) is 4.70. The van der Waals surface area contributed by atoms with Crippen molar-refractivity contribution in [2.45, 2.75) is 19.9 Å². The molecule has 1 atom stereocenters. The van der Waals surface area contributed by atoms with E-state index in [-0.39, 0.29) is 11.8 Å². The third-order valence-corrected chi connectivity index (χ3v) is 3.02. The number of benzene rings is 2. The fourth-order valence-corrected chi connectivity index (χ4v) is 1.96. The zero-order chi connectivity index (χ0) is 14.7. The Morgan fingerprint density at radius 3 is 2.55 bits per heavy atom. The summed E-state index contributed by atoms with van der Waals surface area (Å²) in [4.78, 5) is 0. The van der Waals surface area contributed by atoms with Gasteiger partial charge in [0.05, 0.1) is 7.11 Å². The van der Waals surface area contributed by atoms with Crippen LogP contribution in [0.4, 0.5) is 4.39 Å². The zero-order valence-electron chi connectivity index (χ0n) is 11.8. The Kier molecular flexibility index (Phi) is 4.25. The molecule has 0 aromatic heterocycles. The van der Waals surface area contributed by atoms with Gasteiger partial charge in [0, 0.05) is 11.6 Å². The summed E-state index contributed by atoms with van der Waals surface area (Å²) in [5.74, 6) is 0.723. The van der Waals surface area contributed by atoms with Crippen LogP contribution < -0.4 is 15.2 Å². The van der Waals surface area contributed by atoms with Crippen molar-refractivity contribution in [3.05, 3.63) is 53.3 Å². The first kappa shape index (κ1) is 14.3. The fourth-order valence-electron chi connectivity index (χ4n) is 1.96. The number of halogens is 1. The Bertz CT molecular complexity index is 611. The van der Waals surface area contributed by atoms with Crippen molar-refractivity contribution < 1.29 is 13.9 Å². The number of methoxy groups -OCH3 is 1. The van der Waals surface area contributed by atoms with E-state index >= 15 is 0 Å². The smallest absolute Gasteiger partial charge is 0.169 e. The lowest BCUT2D eigenvalue weighted by molar-refractivity contribution is 0.368. The fraction of sp³-hybridized carbons (Fsp3) is 0.250. The Morgan fingerprint density at radius 1 is 1.15 bits per heavy atom. The predicted molar refractivity (Wildman–Crippen MR) is 76.8 cm³/mol. The van der Waals surface area contributed by atoms with Gasteiger partial charge >= 0.3 is 0 Å². The van der Waals surface area contributed by atoms with E-state index in [4.69, 9.17) is 15.2 Å². The van der Waals surface area contributed by atoms with E-state index in [9.17, 15) is 4.39 Å². The Hall–Kier alpha value is -2.07. The maximum Gasteiger partial charge on any atom is 0.169 e. The molecule has 0 radical (unpaired) electrons. The molecule has 0 saturated heterocycles. The van der Waals surface area contributed by atoms with Crippen LogP contribution in [0.25, 0.3) is 0 Å². The van der Waals surface area contributed by atoms with Gasteiger partial charge in [0.15, 0.2) is 23.1 Å². The van der Waals surface area contributed by atoms with Crippen molar-refractivity contribution in [2.24, 2.45) is 5.73 Å². The summed E-state index contributed by atoms with van der Waals surface area (Å²) in [5.41, 5.74) is 7.51. The van der Waals surface area contributed by atoms with Crippen molar-refractivity contribution in [1.29, 1.82) is 0 Å². The molecule has 2 N–H and O–H groups in total. The van der Waals surface area contributed by atoms with Gasteiger partial charge in [-0.3, -0.25) is 0 Å². The highest BCUT2D eigenvalue weighted by molar-refractivity contribution is 5.47. The SMILES string of the molecule is COc1cc(C)ccc1Oc1c(F)cccc1[C@@H](C)N. The third-order valence-electron chi connectivity index (χ3n) is 3.02. The third kappa shape index (κ3) is 2.91. The Labute approximate surface area is 118 Å². The van der Waals surface area contributed by atoms with Crippen LogP contribution in [0.5, 0.6) is 17.2 Å². The highest BCUT2D eigenvalue weighted by Gasteiger charge is 2.16. The maximum absolute atomic E-state index is 14.0. The minimum atomic E-state index is -0.442. The van der Waals surface area contributed by atoms with E-state index in [0.29, 0.717) is 17.1 Å². The average Bonchev–Trinajstić information content (AvgIpc) is 2.42. The van der Waals surface area contributed by atoms with Crippen LogP contribution in [0.2, 0.25) is 0 Å². The number of ether oxygens (including phenoxy) is 2. The summed E-state index contributed by atoms with van der Waals surface area (Å²) in [7, 11) is 1.55. The monoisotopic (exact) mass is 275 g/mol. The van der Waals surface area contributed by atoms with Crippen LogP contribution in [-0.4, -0.2) is 7.11 Å². The first-order valence-electron chi connectivity index (χ1n) is 6.39. The maximum atomic E-state index is 14.0. The average molecular weight is 275 g/mol. The largest absolute Gasteiger partial charge is 0.493 e. The van der Waals surface area contributed by atoms with Gasteiger partial charge in [-0.05, 0) is 37.6 Å². The zero-order valence-corrected chi connectivity index (χ0v) is 11.8. The second kappa shape index (κ2) is 5.92. The molecule has 2 aromatic carbocycles. The van der Waals surface area contributed by atoms with Crippen LogP contribution in [-0.2, 0) is 0 Å². The van der Waals surface area contributed by atoms with Gasteiger partial charge < -0.3 is 15.2 Å². The molecule has 0 saturated carbocycles. The van der Waals surface area contributed by atoms with Gasteiger partial charge in [0.1, 0.15) is 0 Å². The van der Waals surface area contributed by atoms with Crippen LogP contribution in [0.15, 0.2) is 36.4 Å². The summed E-state index contributed by atoms with van der Waals surface area (Å²) in [6.45, 7) is 3.73. The number of hydrogen-bond acceptors (Lipinski definition) is 3. The second-order valence-electron chi connectivity index (χ2n) is 4.70. The van der Waals surface area contributed by atoms with Gasteiger partial charge in [-0.25, -0.2) is 4.39 Å². The van der Waals surface area contributed by atoms with Crippen molar-refractivity contribution in [1.82, 2.24) is 0 Å². The number of rotatable bonds is 4. The number of nitrogens with two attached hydrogens (primary N) is 1. The van der Waals surface area contributed by atoms with Crippen LogP contribution in [0, 0.1) is 12.7 Å². The molecule has 3 nitrogen and oxygen atoms in total. The van der Waals surface area contributed by atoms with Gasteiger partial charge in [0.25, 0.3) is 0 Å². The standard InChI is InChI=1S/C16H18FNO2/c1-10-7-8-14(15(9-10)19-3)20-16-12(11(2)18)5-4-6-13(16)17/h4-9,11H,18H2,1-3H3/t11-/m1/s1. The van der Waals surface area contributed by atoms with Gasteiger partial charge in [-0.15, -0.1) is 0 Å². The molecule has 0 amide bonds. The summed E-state index contributed by atoms with van der Waals surface area (Å²) in [5, 5.41) is 0. The van der Waals surface area contributed by atoms with Crippen LogP contribution in [0.1, 0.15) is 24.1 Å². The van der Waals surface area contributed by atoms with E-state index in [1.807, 2.05) is 19.1 Å². The highest BCUT2D eigenvalue weighted by Crippen LogP contribution is 2.36. The predicted octanol–water partition coefficient (Wildman–Crippen LogP) is 3.95. The van der Waals surface area contributed by atoms with E-state index in [1.54, 1.807) is 32.2 Å². The molecule has 4 heteroatoms.